The largest absolute Gasteiger partial charge is 0.348 e. The van der Waals surface area contributed by atoms with Crippen LogP contribution in [0.1, 0.15) is 120 Å². The van der Waals surface area contributed by atoms with Crippen LogP contribution in [0, 0.1) is 29.4 Å². The maximum Gasteiger partial charge on any atom is 0.168 e. The number of halogens is 2. The average molecular weight is 487 g/mol. The third-order valence-corrected chi connectivity index (χ3v) is 9.68. The number of allylic oxidation sites excluding steroid dienone is 2. The Hall–Kier alpha value is -1.26. The Morgan fingerprint density at radius 3 is 2.26 bits per heavy atom. The second kappa shape index (κ2) is 11.4. The van der Waals surface area contributed by atoms with Gasteiger partial charge in [-0.05, 0) is 92.6 Å². The van der Waals surface area contributed by atoms with Crippen molar-refractivity contribution in [2.75, 3.05) is 13.2 Å². The maximum atomic E-state index is 15.3. The van der Waals surface area contributed by atoms with Crippen molar-refractivity contribution in [1.82, 2.24) is 0 Å². The molecule has 1 spiro atoms. The zero-order valence-corrected chi connectivity index (χ0v) is 21.6. The summed E-state index contributed by atoms with van der Waals surface area (Å²) in [6, 6.07) is 3.76. The molecule has 0 aromatic heterocycles. The molecule has 1 aromatic carbocycles. The van der Waals surface area contributed by atoms with Gasteiger partial charge in [0.15, 0.2) is 17.4 Å². The van der Waals surface area contributed by atoms with Crippen LogP contribution < -0.4 is 0 Å². The van der Waals surface area contributed by atoms with Gasteiger partial charge in [0.2, 0.25) is 0 Å². The Labute approximate surface area is 210 Å². The van der Waals surface area contributed by atoms with E-state index in [-0.39, 0.29) is 11.7 Å². The summed E-state index contributed by atoms with van der Waals surface area (Å²) >= 11 is 0. The molecule has 4 aliphatic rings. The molecule has 1 atom stereocenters. The number of benzene rings is 1. The molecule has 1 saturated heterocycles. The van der Waals surface area contributed by atoms with Gasteiger partial charge in [0.1, 0.15) is 0 Å². The highest BCUT2D eigenvalue weighted by atomic mass is 19.2. The predicted octanol–water partition coefficient (Wildman–Crippen LogP) is 8.94. The van der Waals surface area contributed by atoms with Gasteiger partial charge in [-0.3, -0.25) is 0 Å². The first-order chi connectivity index (χ1) is 17.1. The van der Waals surface area contributed by atoms with Crippen molar-refractivity contribution in [3.8, 4) is 0 Å². The van der Waals surface area contributed by atoms with Gasteiger partial charge in [-0.25, -0.2) is 8.78 Å². The summed E-state index contributed by atoms with van der Waals surface area (Å²) in [7, 11) is 0. The number of rotatable bonds is 7. The van der Waals surface area contributed by atoms with Gasteiger partial charge in [-0.1, -0.05) is 50.8 Å². The fourth-order valence-electron chi connectivity index (χ4n) is 7.44. The van der Waals surface area contributed by atoms with Gasteiger partial charge >= 0.3 is 0 Å². The molecule has 1 aromatic rings. The van der Waals surface area contributed by atoms with Crippen molar-refractivity contribution >= 4 is 5.57 Å². The Morgan fingerprint density at radius 2 is 1.60 bits per heavy atom. The molecular formula is C31H44F2O2. The molecule has 35 heavy (non-hydrogen) atoms. The average Bonchev–Trinajstić information content (AvgIpc) is 3.35. The molecule has 1 aliphatic heterocycles. The molecule has 1 unspecified atom stereocenters. The van der Waals surface area contributed by atoms with Crippen LogP contribution in [0.2, 0.25) is 0 Å². The molecule has 3 aliphatic carbocycles. The zero-order valence-electron chi connectivity index (χ0n) is 21.6. The van der Waals surface area contributed by atoms with E-state index >= 15 is 8.78 Å². The van der Waals surface area contributed by atoms with Crippen LogP contribution in [0.5, 0.6) is 0 Å². The number of unbranched alkanes of at least 4 members (excludes halogenated alkanes) is 2. The standard InChI is InChI=1S/C31H44F2O2/c1-2-3-4-5-22-6-8-25(9-7-22)27-14-15-28(30(33)29(27)32)26-12-10-23(11-13-26)24-16-18-31(19-17-24)34-20-21-35-31/h12,14-15,22-25H,2-11,13,16-21H2,1H3. The van der Waals surface area contributed by atoms with E-state index in [1.807, 2.05) is 12.1 Å². The topological polar surface area (TPSA) is 18.5 Å². The van der Waals surface area contributed by atoms with E-state index in [1.54, 1.807) is 0 Å². The summed E-state index contributed by atoms with van der Waals surface area (Å²) in [5, 5.41) is 0. The zero-order chi connectivity index (χ0) is 24.3. The van der Waals surface area contributed by atoms with Crippen molar-refractivity contribution in [3.63, 3.8) is 0 Å². The molecule has 0 bridgehead atoms. The van der Waals surface area contributed by atoms with E-state index in [9.17, 15) is 0 Å². The van der Waals surface area contributed by atoms with Crippen molar-refractivity contribution in [3.05, 3.63) is 41.0 Å². The Bertz CT molecular complexity index is 870. The Kier molecular flexibility index (Phi) is 8.29. The third kappa shape index (κ3) is 5.69. The second-order valence-corrected chi connectivity index (χ2v) is 11.8. The quantitative estimate of drug-likeness (QED) is 0.358. The molecular weight excluding hydrogens is 442 g/mol. The van der Waals surface area contributed by atoms with Crippen molar-refractivity contribution < 1.29 is 18.3 Å². The lowest BCUT2D eigenvalue weighted by atomic mass is 9.72. The fraction of sp³-hybridized carbons (Fsp3) is 0.742. The number of ether oxygens (including phenoxy) is 2. The first-order valence-corrected chi connectivity index (χ1v) is 14.5. The van der Waals surface area contributed by atoms with E-state index in [2.05, 4.69) is 13.0 Å². The molecule has 4 heteroatoms. The minimum absolute atomic E-state index is 0.174. The second-order valence-electron chi connectivity index (χ2n) is 11.8. The molecule has 0 amide bonds. The SMILES string of the molecule is CCCCCC1CCC(c2ccc(C3=CCC(C4CCC5(CC4)OCCO5)CC3)c(F)c2F)CC1. The highest BCUT2D eigenvalue weighted by Gasteiger charge is 2.42. The molecule has 0 radical (unpaired) electrons. The fourth-order valence-corrected chi connectivity index (χ4v) is 7.44. The van der Waals surface area contributed by atoms with Crippen LogP contribution in [0.4, 0.5) is 8.78 Å². The smallest absolute Gasteiger partial charge is 0.168 e. The van der Waals surface area contributed by atoms with E-state index < -0.39 is 11.6 Å². The minimum Gasteiger partial charge on any atom is -0.348 e. The molecule has 3 fully saturated rings. The lowest BCUT2D eigenvalue weighted by molar-refractivity contribution is -0.184. The van der Waals surface area contributed by atoms with Gasteiger partial charge in [0.25, 0.3) is 0 Å². The van der Waals surface area contributed by atoms with Crippen molar-refractivity contribution in [2.24, 2.45) is 17.8 Å². The van der Waals surface area contributed by atoms with E-state index in [4.69, 9.17) is 9.47 Å². The Balaban J connectivity index is 1.17. The minimum atomic E-state index is -0.618. The summed E-state index contributed by atoms with van der Waals surface area (Å²) in [4.78, 5) is 0. The van der Waals surface area contributed by atoms with Gasteiger partial charge in [0.05, 0.1) is 13.2 Å². The summed E-state index contributed by atoms with van der Waals surface area (Å²) in [6.07, 6.45) is 18.8. The normalized spacial score (nSPS) is 29.5. The molecule has 2 nitrogen and oxygen atoms in total. The first kappa shape index (κ1) is 25.4. The van der Waals surface area contributed by atoms with Gasteiger partial charge < -0.3 is 9.47 Å². The highest BCUT2D eigenvalue weighted by Crippen LogP contribution is 2.46. The van der Waals surface area contributed by atoms with Crippen LogP contribution in [0.25, 0.3) is 5.57 Å². The molecule has 2 saturated carbocycles. The lowest BCUT2D eigenvalue weighted by Gasteiger charge is -2.39. The lowest BCUT2D eigenvalue weighted by Crippen LogP contribution is -2.37. The van der Waals surface area contributed by atoms with Crippen LogP contribution >= 0.6 is 0 Å². The van der Waals surface area contributed by atoms with E-state index in [1.165, 1.54) is 25.7 Å². The van der Waals surface area contributed by atoms with Gasteiger partial charge in [0, 0.05) is 18.4 Å². The Morgan fingerprint density at radius 1 is 0.857 bits per heavy atom. The summed E-state index contributed by atoms with van der Waals surface area (Å²) in [6.45, 7) is 3.69. The van der Waals surface area contributed by atoms with E-state index in [0.717, 1.165) is 95.3 Å². The molecule has 0 N–H and O–H groups in total. The molecule has 194 valence electrons. The van der Waals surface area contributed by atoms with Gasteiger partial charge in [-0.2, -0.15) is 0 Å². The molecule has 1 heterocycles. The first-order valence-electron chi connectivity index (χ1n) is 14.5. The highest BCUT2D eigenvalue weighted by molar-refractivity contribution is 5.67. The van der Waals surface area contributed by atoms with Crippen LogP contribution in [0.15, 0.2) is 18.2 Å². The number of hydrogen-bond acceptors (Lipinski definition) is 2. The van der Waals surface area contributed by atoms with Crippen LogP contribution in [0.3, 0.4) is 0 Å². The van der Waals surface area contributed by atoms with E-state index in [0.29, 0.717) is 23.0 Å². The molecule has 5 rings (SSSR count). The maximum absolute atomic E-state index is 15.3. The summed E-state index contributed by atoms with van der Waals surface area (Å²) in [5.41, 5.74) is 2.10. The van der Waals surface area contributed by atoms with Crippen LogP contribution in [-0.4, -0.2) is 19.0 Å². The third-order valence-electron chi connectivity index (χ3n) is 9.68. The van der Waals surface area contributed by atoms with Crippen LogP contribution in [-0.2, 0) is 9.47 Å². The summed E-state index contributed by atoms with van der Waals surface area (Å²) in [5.74, 6) is 0.764. The van der Waals surface area contributed by atoms with Gasteiger partial charge in [-0.15, -0.1) is 0 Å². The monoisotopic (exact) mass is 486 g/mol. The summed E-state index contributed by atoms with van der Waals surface area (Å²) < 4.78 is 42.3. The van der Waals surface area contributed by atoms with Crippen molar-refractivity contribution in [1.29, 1.82) is 0 Å². The van der Waals surface area contributed by atoms with Crippen molar-refractivity contribution in [2.45, 2.75) is 115 Å². The number of hydrogen-bond donors (Lipinski definition) is 0. The predicted molar refractivity (Wildman–Crippen MR) is 137 cm³/mol.